The molecule has 0 fully saturated rings. The first kappa shape index (κ1) is 15.1. The molecule has 0 rings (SSSR count). The van der Waals surface area contributed by atoms with Crippen molar-refractivity contribution in [3.8, 4) is 0 Å². The fraction of sp³-hybridized carbons (Fsp3) is 1.00. The highest BCUT2D eigenvalue weighted by atomic mass is 28.4. The number of hydrogen-bond acceptors (Lipinski definition) is 2. The van der Waals surface area contributed by atoms with Crippen LogP contribution in [0.3, 0.4) is 0 Å². The monoisotopic (exact) mass is 232 g/mol. The minimum Gasteiger partial charge on any atom is -0.398 e. The average molecular weight is 232 g/mol. The van der Waals surface area contributed by atoms with E-state index in [-0.39, 0.29) is 0 Å². The zero-order valence-electron chi connectivity index (χ0n) is 11.3. The standard InChI is InChI=1S/C12H28O2Si/c1-7-12(4)10-15(13-5,14-6)9-8-11(2)3/h11-12H,7-10H2,1-6H3. The first-order valence-corrected chi connectivity index (χ1v) is 8.33. The molecule has 0 aliphatic rings. The van der Waals surface area contributed by atoms with Crippen molar-refractivity contribution in [1.82, 2.24) is 0 Å². The largest absolute Gasteiger partial charge is 0.398 e. The summed E-state index contributed by atoms with van der Waals surface area (Å²) in [5.74, 6) is 1.45. The Morgan fingerprint density at radius 1 is 1.07 bits per heavy atom. The maximum Gasteiger partial charge on any atom is 0.337 e. The van der Waals surface area contributed by atoms with E-state index in [1.54, 1.807) is 0 Å². The van der Waals surface area contributed by atoms with Crippen molar-refractivity contribution >= 4 is 8.56 Å². The predicted octanol–water partition coefficient (Wildman–Crippen LogP) is 3.81. The zero-order chi connectivity index (χ0) is 11.9. The van der Waals surface area contributed by atoms with Crippen molar-refractivity contribution in [3.63, 3.8) is 0 Å². The van der Waals surface area contributed by atoms with Crippen molar-refractivity contribution in [2.75, 3.05) is 14.2 Å². The molecule has 0 N–H and O–H groups in total. The van der Waals surface area contributed by atoms with Crippen LogP contribution in [0.4, 0.5) is 0 Å². The molecule has 0 bridgehead atoms. The molecule has 0 heterocycles. The van der Waals surface area contributed by atoms with Crippen LogP contribution in [0.2, 0.25) is 12.1 Å². The molecule has 0 spiro atoms. The normalized spacial score (nSPS) is 14.6. The topological polar surface area (TPSA) is 18.5 Å². The Hall–Kier alpha value is 0.137. The third-order valence-electron chi connectivity index (χ3n) is 3.20. The summed E-state index contributed by atoms with van der Waals surface area (Å²) in [6, 6.07) is 2.26. The molecule has 0 radical (unpaired) electrons. The van der Waals surface area contributed by atoms with Crippen molar-refractivity contribution in [1.29, 1.82) is 0 Å². The second-order valence-corrected chi connectivity index (χ2v) is 8.52. The molecule has 3 heteroatoms. The maximum absolute atomic E-state index is 5.73. The van der Waals surface area contributed by atoms with Crippen LogP contribution in [-0.4, -0.2) is 22.8 Å². The second kappa shape index (κ2) is 7.42. The van der Waals surface area contributed by atoms with Crippen LogP contribution >= 0.6 is 0 Å². The van der Waals surface area contributed by atoms with Gasteiger partial charge < -0.3 is 8.85 Å². The molecule has 0 aromatic carbocycles. The van der Waals surface area contributed by atoms with Gasteiger partial charge in [-0.1, -0.05) is 34.1 Å². The summed E-state index contributed by atoms with van der Waals surface area (Å²) in [4.78, 5) is 0. The third-order valence-corrected chi connectivity index (χ3v) is 7.06. The molecule has 0 amide bonds. The minimum absolute atomic E-state index is 0.712. The van der Waals surface area contributed by atoms with Gasteiger partial charge in [0, 0.05) is 14.2 Å². The van der Waals surface area contributed by atoms with Gasteiger partial charge in [-0.25, -0.2) is 0 Å². The molecule has 0 aromatic rings. The molecule has 1 atom stereocenters. The number of hydrogen-bond donors (Lipinski definition) is 0. The van der Waals surface area contributed by atoms with E-state index >= 15 is 0 Å². The lowest BCUT2D eigenvalue weighted by Crippen LogP contribution is -2.41. The SMILES string of the molecule is CCC(C)C[Si](CCC(C)C)(OC)OC. The average Bonchev–Trinajstić information content (AvgIpc) is 2.24. The summed E-state index contributed by atoms with van der Waals surface area (Å²) in [6.07, 6.45) is 2.42. The number of rotatable bonds is 8. The van der Waals surface area contributed by atoms with E-state index in [2.05, 4.69) is 27.7 Å². The lowest BCUT2D eigenvalue weighted by atomic mass is 10.2. The Balaban J connectivity index is 4.29. The van der Waals surface area contributed by atoms with Crippen LogP contribution in [0.15, 0.2) is 0 Å². The summed E-state index contributed by atoms with van der Waals surface area (Å²) < 4.78 is 11.5. The van der Waals surface area contributed by atoms with E-state index in [1.807, 2.05) is 14.2 Å². The Morgan fingerprint density at radius 2 is 1.60 bits per heavy atom. The first-order valence-electron chi connectivity index (χ1n) is 6.10. The van der Waals surface area contributed by atoms with E-state index in [0.29, 0.717) is 5.92 Å². The lowest BCUT2D eigenvalue weighted by molar-refractivity contribution is 0.231. The summed E-state index contributed by atoms with van der Waals surface area (Å²) in [5, 5.41) is 0. The van der Waals surface area contributed by atoms with Crippen LogP contribution in [-0.2, 0) is 8.85 Å². The Morgan fingerprint density at radius 3 is 1.93 bits per heavy atom. The van der Waals surface area contributed by atoms with Crippen molar-refractivity contribution in [2.45, 2.75) is 52.6 Å². The highest BCUT2D eigenvalue weighted by molar-refractivity contribution is 6.67. The van der Waals surface area contributed by atoms with E-state index < -0.39 is 8.56 Å². The Kier molecular flexibility index (Phi) is 7.48. The van der Waals surface area contributed by atoms with E-state index in [1.165, 1.54) is 12.8 Å². The quantitative estimate of drug-likeness (QED) is 0.592. The smallest absolute Gasteiger partial charge is 0.337 e. The van der Waals surface area contributed by atoms with Crippen molar-refractivity contribution in [3.05, 3.63) is 0 Å². The van der Waals surface area contributed by atoms with Gasteiger partial charge in [0.25, 0.3) is 0 Å². The van der Waals surface area contributed by atoms with Gasteiger partial charge in [-0.2, -0.15) is 0 Å². The fourth-order valence-corrected chi connectivity index (χ4v) is 5.22. The van der Waals surface area contributed by atoms with Gasteiger partial charge in [-0.3, -0.25) is 0 Å². The highest BCUT2D eigenvalue weighted by Crippen LogP contribution is 2.27. The summed E-state index contributed by atoms with van der Waals surface area (Å²) in [7, 11) is 1.75. The van der Waals surface area contributed by atoms with Gasteiger partial charge in [-0.05, 0) is 30.3 Å². The zero-order valence-corrected chi connectivity index (χ0v) is 12.3. The highest BCUT2D eigenvalue weighted by Gasteiger charge is 2.36. The minimum atomic E-state index is -1.89. The van der Waals surface area contributed by atoms with Crippen LogP contribution in [0.5, 0.6) is 0 Å². The van der Waals surface area contributed by atoms with Crippen LogP contribution in [0.1, 0.15) is 40.5 Å². The van der Waals surface area contributed by atoms with Crippen molar-refractivity contribution < 1.29 is 8.85 Å². The van der Waals surface area contributed by atoms with Gasteiger partial charge in [0.15, 0.2) is 0 Å². The van der Waals surface area contributed by atoms with Gasteiger partial charge in [0.2, 0.25) is 0 Å². The van der Waals surface area contributed by atoms with Crippen molar-refractivity contribution in [2.24, 2.45) is 11.8 Å². The van der Waals surface area contributed by atoms with E-state index in [0.717, 1.165) is 18.0 Å². The predicted molar refractivity (Wildman–Crippen MR) is 68.3 cm³/mol. The fourth-order valence-electron chi connectivity index (χ4n) is 1.74. The summed E-state index contributed by atoms with van der Waals surface area (Å²) >= 11 is 0. The molecule has 0 aliphatic carbocycles. The lowest BCUT2D eigenvalue weighted by Gasteiger charge is -2.30. The van der Waals surface area contributed by atoms with Gasteiger partial charge >= 0.3 is 8.56 Å². The van der Waals surface area contributed by atoms with E-state index in [9.17, 15) is 0 Å². The molecular weight excluding hydrogens is 204 g/mol. The van der Waals surface area contributed by atoms with Gasteiger partial charge in [0.1, 0.15) is 0 Å². The van der Waals surface area contributed by atoms with Crippen LogP contribution in [0.25, 0.3) is 0 Å². The molecule has 1 unspecified atom stereocenters. The molecule has 0 saturated carbocycles. The van der Waals surface area contributed by atoms with Crippen LogP contribution < -0.4 is 0 Å². The van der Waals surface area contributed by atoms with E-state index in [4.69, 9.17) is 8.85 Å². The second-order valence-electron chi connectivity index (χ2n) is 4.97. The maximum atomic E-state index is 5.73. The molecule has 0 aromatic heterocycles. The van der Waals surface area contributed by atoms with Crippen LogP contribution in [0, 0.1) is 11.8 Å². The van der Waals surface area contributed by atoms with Gasteiger partial charge in [0.05, 0.1) is 0 Å². The molecule has 0 aliphatic heterocycles. The van der Waals surface area contributed by atoms with Gasteiger partial charge in [-0.15, -0.1) is 0 Å². The molecule has 0 saturated heterocycles. The molecule has 92 valence electrons. The molecular formula is C12H28O2Si. The first-order chi connectivity index (χ1) is 6.99. The Labute approximate surface area is 96.6 Å². The summed E-state index contributed by atoms with van der Waals surface area (Å²) in [5.41, 5.74) is 0. The summed E-state index contributed by atoms with van der Waals surface area (Å²) in [6.45, 7) is 9.04. The molecule has 2 nitrogen and oxygen atoms in total. The Bertz CT molecular complexity index is 156. The third kappa shape index (κ3) is 5.69. The molecule has 15 heavy (non-hydrogen) atoms.